The number of ether oxygens (including phenoxy) is 1. The molecule has 0 aliphatic carbocycles. The highest BCUT2D eigenvalue weighted by molar-refractivity contribution is 9.10. The van der Waals surface area contributed by atoms with Gasteiger partial charge in [0.2, 0.25) is 0 Å². The molecule has 0 fully saturated rings. The molecule has 2 aromatic heterocycles. The summed E-state index contributed by atoms with van der Waals surface area (Å²) < 4.78 is 7.01. The Bertz CT molecular complexity index is 670. The first-order chi connectivity index (χ1) is 8.62. The maximum Gasteiger partial charge on any atom is 0.357 e. The number of aryl methyl sites for hydroxylation is 1. The molecule has 0 aromatic carbocycles. The molecule has 2 rings (SSSR count). The summed E-state index contributed by atoms with van der Waals surface area (Å²) in [7, 11) is 1.31. The van der Waals surface area contributed by atoms with Gasteiger partial charge in [-0.25, -0.2) is 9.78 Å². The summed E-state index contributed by atoms with van der Waals surface area (Å²) in [6.07, 6.45) is 1.73. The standard InChI is InChI=1S/C12H10BrN3O2/c1-3-16-6-7(5-14)8-4-9(13)10(12(17)18-2)15-11(8)16/h4,6H,3H2,1-2H3. The van der Waals surface area contributed by atoms with Gasteiger partial charge in [0.25, 0.3) is 0 Å². The van der Waals surface area contributed by atoms with Crippen molar-refractivity contribution in [1.29, 1.82) is 5.26 Å². The number of esters is 1. The van der Waals surface area contributed by atoms with E-state index < -0.39 is 5.97 Å². The van der Waals surface area contributed by atoms with Gasteiger partial charge in [0.15, 0.2) is 5.69 Å². The van der Waals surface area contributed by atoms with Crippen LogP contribution in [0, 0.1) is 11.3 Å². The molecule has 0 saturated carbocycles. The molecule has 0 aliphatic heterocycles. The van der Waals surface area contributed by atoms with E-state index in [2.05, 4.69) is 31.7 Å². The van der Waals surface area contributed by atoms with Crippen LogP contribution in [0.15, 0.2) is 16.7 Å². The van der Waals surface area contributed by atoms with Gasteiger partial charge in [-0.05, 0) is 28.9 Å². The molecule has 0 bridgehead atoms. The summed E-state index contributed by atoms with van der Waals surface area (Å²) >= 11 is 3.27. The van der Waals surface area contributed by atoms with Gasteiger partial charge in [-0.3, -0.25) is 0 Å². The summed E-state index contributed by atoms with van der Waals surface area (Å²) in [6.45, 7) is 2.62. The first kappa shape index (κ1) is 12.6. The van der Waals surface area contributed by atoms with Crippen LogP contribution >= 0.6 is 15.9 Å². The van der Waals surface area contributed by atoms with Gasteiger partial charge in [0.05, 0.1) is 17.1 Å². The van der Waals surface area contributed by atoms with Gasteiger partial charge in [0, 0.05) is 18.1 Å². The second-order valence-corrected chi connectivity index (χ2v) is 4.48. The molecule has 6 heteroatoms. The molecular weight excluding hydrogens is 298 g/mol. The lowest BCUT2D eigenvalue weighted by Crippen LogP contribution is -2.06. The highest BCUT2D eigenvalue weighted by Gasteiger charge is 2.17. The second-order valence-electron chi connectivity index (χ2n) is 3.62. The van der Waals surface area contributed by atoms with Crippen LogP contribution in [0.25, 0.3) is 11.0 Å². The van der Waals surface area contributed by atoms with Gasteiger partial charge in [-0.15, -0.1) is 0 Å². The minimum absolute atomic E-state index is 0.210. The number of nitriles is 1. The predicted molar refractivity (Wildman–Crippen MR) is 69.2 cm³/mol. The van der Waals surface area contributed by atoms with Crippen molar-refractivity contribution in [2.45, 2.75) is 13.5 Å². The molecule has 5 nitrogen and oxygen atoms in total. The van der Waals surface area contributed by atoms with Gasteiger partial charge in [-0.2, -0.15) is 5.26 Å². The molecule has 18 heavy (non-hydrogen) atoms. The molecule has 0 unspecified atom stereocenters. The average molecular weight is 308 g/mol. The zero-order valence-corrected chi connectivity index (χ0v) is 11.5. The van der Waals surface area contributed by atoms with Crippen molar-refractivity contribution in [3.05, 3.63) is 28.0 Å². The SMILES string of the molecule is CCn1cc(C#N)c2cc(Br)c(C(=O)OC)nc21. The lowest BCUT2D eigenvalue weighted by Gasteiger charge is -2.04. The minimum atomic E-state index is -0.508. The monoisotopic (exact) mass is 307 g/mol. The van der Waals surface area contributed by atoms with Crippen LogP contribution in [0.2, 0.25) is 0 Å². The Morgan fingerprint density at radius 2 is 2.39 bits per heavy atom. The number of fused-ring (bicyclic) bond motifs is 1. The first-order valence-electron chi connectivity index (χ1n) is 5.30. The fourth-order valence-electron chi connectivity index (χ4n) is 1.75. The van der Waals surface area contributed by atoms with E-state index >= 15 is 0 Å². The van der Waals surface area contributed by atoms with Crippen LogP contribution in [0.5, 0.6) is 0 Å². The number of methoxy groups -OCH3 is 1. The second kappa shape index (κ2) is 4.78. The molecule has 92 valence electrons. The summed E-state index contributed by atoms with van der Waals surface area (Å²) in [5.74, 6) is -0.508. The third-order valence-corrected chi connectivity index (χ3v) is 3.25. The Hall–Kier alpha value is -1.87. The van der Waals surface area contributed by atoms with Crippen LogP contribution < -0.4 is 0 Å². The van der Waals surface area contributed by atoms with Crippen LogP contribution in [0.3, 0.4) is 0 Å². The van der Waals surface area contributed by atoms with Crippen LogP contribution in [-0.4, -0.2) is 22.6 Å². The Balaban J connectivity index is 2.78. The zero-order valence-electron chi connectivity index (χ0n) is 9.90. The van der Waals surface area contributed by atoms with Crippen molar-refractivity contribution in [3.8, 4) is 6.07 Å². The molecule has 0 spiro atoms. The number of halogens is 1. The summed E-state index contributed by atoms with van der Waals surface area (Å²) in [5.41, 5.74) is 1.36. The molecule has 0 saturated heterocycles. The average Bonchev–Trinajstić information content (AvgIpc) is 2.73. The maximum absolute atomic E-state index is 11.6. The largest absolute Gasteiger partial charge is 0.464 e. The molecular formula is C12H10BrN3O2. The number of rotatable bonds is 2. The number of carbonyl (C=O) groups excluding carboxylic acids is 1. The van der Waals surface area contributed by atoms with E-state index in [1.54, 1.807) is 12.3 Å². The predicted octanol–water partition coefficient (Wildman–Crippen LogP) is 2.48. The highest BCUT2D eigenvalue weighted by atomic mass is 79.9. The smallest absolute Gasteiger partial charge is 0.357 e. The molecule has 2 heterocycles. The Labute approximate surface area is 112 Å². The molecule has 0 amide bonds. The molecule has 2 aromatic rings. The fourth-order valence-corrected chi connectivity index (χ4v) is 2.23. The van der Waals surface area contributed by atoms with Crippen LogP contribution in [-0.2, 0) is 11.3 Å². The number of nitrogens with zero attached hydrogens (tertiary/aromatic N) is 3. The van der Waals surface area contributed by atoms with Gasteiger partial charge < -0.3 is 9.30 Å². The van der Waals surface area contributed by atoms with Crippen molar-refractivity contribution in [3.63, 3.8) is 0 Å². The summed E-state index contributed by atoms with van der Waals surface area (Å²) in [4.78, 5) is 15.8. The fraction of sp³-hybridized carbons (Fsp3) is 0.250. The number of aromatic nitrogens is 2. The Morgan fingerprint density at radius 1 is 1.67 bits per heavy atom. The number of pyridine rings is 1. The Morgan fingerprint density at radius 3 is 2.94 bits per heavy atom. The van der Waals surface area contributed by atoms with E-state index in [4.69, 9.17) is 5.26 Å². The van der Waals surface area contributed by atoms with E-state index in [0.29, 0.717) is 22.2 Å². The van der Waals surface area contributed by atoms with Crippen molar-refractivity contribution >= 4 is 32.9 Å². The minimum Gasteiger partial charge on any atom is -0.464 e. The lowest BCUT2D eigenvalue weighted by molar-refractivity contribution is 0.0593. The van der Waals surface area contributed by atoms with Crippen molar-refractivity contribution in [1.82, 2.24) is 9.55 Å². The number of carbonyl (C=O) groups is 1. The third kappa shape index (κ3) is 1.87. The third-order valence-electron chi connectivity index (χ3n) is 2.64. The quantitative estimate of drug-likeness (QED) is 0.799. The summed E-state index contributed by atoms with van der Waals surface area (Å²) in [5, 5.41) is 9.78. The molecule has 0 N–H and O–H groups in total. The van der Waals surface area contributed by atoms with E-state index in [1.165, 1.54) is 7.11 Å². The first-order valence-corrected chi connectivity index (χ1v) is 6.09. The van der Waals surface area contributed by atoms with Crippen LogP contribution in [0.1, 0.15) is 23.0 Å². The normalized spacial score (nSPS) is 10.3. The van der Waals surface area contributed by atoms with Crippen molar-refractivity contribution < 1.29 is 9.53 Å². The summed E-state index contributed by atoms with van der Waals surface area (Å²) in [6, 6.07) is 3.84. The molecule has 0 atom stereocenters. The van der Waals surface area contributed by atoms with Gasteiger partial charge >= 0.3 is 5.97 Å². The lowest BCUT2D eigenvalue weighted by atomic mass is 10.2. The molecule has 0 radical (unpaired) electrons. The maximum atomic E-state index is 11.6. The zero-order chi connectivity index (χ0) is 13.3. The van der Waals surface area contributed by atoms with E-state index in [-0.39, 0.29) is 5.69 Å². The van der Waals surface area contributed by atoms with Gasteiger partial charge in [-0.1, -0.05) is 0 Å². The van der Waals surface area contributed by atoms with Gasteiger partial charge in [0.1, 0.15) is 11.7 Å². The molecule has 0 aliphatic rings. The van der Waals surface area contributed by atoms with E-state index in [9.17, 15) is 4.79 Å². The van der Waals surface area contributed by atoms with E-state index in [1.807, 2.05) is 11.5 Å². The van der Waals surface area contributed by atoms with Crippen LogP contribution in [0.4, 0.5) is 0 Å². The topological polar surface area (TPSA) is 67.9 Å². The highest BCUT2D eigenvalue weighted by Crippen LogP contribution is 2.26. The number of hydrogen-bond acceptors (Lipinski definition) is 4. The van der Waals surface area contributed by atoms with Crippen molar-refractivity contribution in [2.24, 2.45) is 0 Å². The number of hydrogen-bond donors (Lipinski definition) is 0. The Kier molecular flexibility index (Phi) is 3.34. The van der Waals surface area contributed by atoms with Crippen molar-refractivity contribution in [2.75, 3.05) is 7.11 Å². The van der Waals surface area contributed by atoms with E-state index in [0.717, 1.165) is 5.39 Å².